The van der Waals surface area contributed by atoms with Crippen LogP contribution in [0.2, 0.25) is 0 Å². The number of amides is 1. The number of hydrogen-bond donors (Lipinski definition) is 1. The normalized spacial score (nSPS) is 25.5. The number of benzene rings is 1. The molecule has 1 aromatic carbocycles. The van der Waals surface area contributed by atoms with Gasteiger partial charge in [-0.15, -0.1) is 5.10 Å². The zero-order valence-electron chi connectivity index (χ0n) is 18.1. The number of carbonyl (C=O) groups excluding carboxylic acids is 1. The van der Waals surface area contributed by atoms with Crippen LogP contribution in [-0.4, -0.2) is 71.0 Å². The molecule has 1 aromatic heterocycles. The highest BCUT2D eigenvalue weighted by molar-refractivity contribution is 5.79. The van der Waals surface area contributed by atoms with Crippen LogP contribution in [0, 0.1) is 11.8 Å². The summed E-state index contributed by atoms with van der Waals surface area (Å²) < 4.78 is 7.35. The van der Waals surface area contributed by atoms with E-state index in [-0.39, 0.29) is 11.8 Å². The Morgan fingerprint density at radius 2 is 2.17 bits per heavy atom. The molecule has 1 amide bonds. The van der Waals surface area contributed by atoms with Gasteiger partial charge in [0.15, 0.2) is 0 Å². The van der Waals surface area contributed by atoms with Gasteiger partial charge in [0, 0.05) is 37.4 Å². The largest absolute Gasteiger partial charge is 0.496 e. The van der Waals surface area contributed by atoms with Crippen LogP contribution in [0.15, 0.2) is 30.5 Å². The zero-order chi connectivity index (χ0) is 21.1. The third-order valence-electron chi connectivity index (χ3n) is 6.32. The van der Waals surface area contributed by atoms with Crippen molar-refractivity contribution in [1.82, 2.24) is 30.1 Å². The Bertz CT molecular complexity index is 867. The van der Waals surface area contributed by atoms with Gasteiger partial charge in [0.2, 0.25) is 5.91 Å². The van der Waals surface area contributed by atoms with E-state index in [0.29, 0.717) is 18.5 Å². The molecule has 3 aliphatic rings. The molecule has 162 valence electrons. The molecule has 3 fully saturated rings. The first kappa shape index (κ1) is 20.8. The molecular formula is C22H32N6O2. The molecule has 30 heavy (non-hydrogen) atoms. The zero-order valence-corrected chi connectivity index (χ0v) is 18.1. The molecule has 4 heterocycles. The topological polar surface area (TPSA) is 75.5 Å². The van der Waals surface area contributed by atoms with Gasteiger partial charge in [-0.2, -0.15) is 0 Å². The van der Waals surface area contributed by atoms with E-state index in [1.54, 1.807) is 7.11 Å². The molecule has 3 aliphatic heterocycles. The van der Waals surface area contributed by atoms with E-state index in [4.69, 9.17) is 4.74 Å². The number of ether oxygens (including phenoxy) is 1. The van der Waals surface area contributed by atoms with Crippen LogP contribution in [0.5, 0.6) is 5.75 Å². The van der Waals surface area contributed by atoms with Crippen LogP contribution >= 0.6 is 0 Å². The van der Waals surface area contributed by atoms with Crippen molar-refractivity contribution in [2.24, 2.45) is 11.8 Å². The number of hydrogen-bond acceptors (Lipinski definition) is 6. The smallest absolute Gasteiger partial charge is 0.224 e. The SMILES string of the molecule is COc1ccccc1CNC(=O)C1CN2CCC1CC2Cn1cc(CN(C)C)nn1. The monoisotopic (exact) mass is 412 g/mol. The van der Waals surface area contributed by atoms with E-state index >= 15 is 0 Å². The Morgan fingerprint density at radius 1 is 1.33 bits per heavy atom. The third kappa shape index (κ3) is 4.65. The maximum absolute atomic E-state index is 12.9. The fourth-order valence-electron chi connectivity index (χ4n) is 4.83. The Labute approximate surface area is 178 Å². The maximum atomic E-state index is 12.9. The second-order valence-electron chi connectivity index (χ2n) is 8.74. The molecule has 0 aliphatic carbocycles. The number of para-hydroxylation sites is 1. The van der Waals surface area contributed by atoms with Crippen LogP contribution in [0.3, 0.4) is 0 Å². The Hall–Kier alpha value is -2.45. The van der Waals surface area contributed by atoms with E-state index in [0.717, 1.165) is 56.0 Å². The van der Waals surface area contributed by atoms with Crippen LogP contribution in [0.1, 0.15) is 24.1 Å². The summed E-state index contributed by atoms with van der Waals surface area (Å²) in [6.07, 6.45) is 4.17. The molecule has 2 bridgehead atoms. The highest BCUT2D eigenvalue weighted by Crippen LogP contribution is 2.37. The van der Waals surface area contributed by atoms with Crippen LogP contribution in [0.25, 0.3) is 0 Å². The van der Waals surface area contributed by atoms with Crippen LogP contribution < -0.4 is 10.1 Å². The molecule has 0 radical (unpaired) electrons. The number of rotatable bonds is 8. The van der Waals surface area contributed by atoms with E-state index < -0.39 is 0 Å². The van der Waals surface area contributed by atoms with Gasteiger partial charge >= 0.3 is 0 Å². The minimum atomic E-state index is 0.0600. The fourth-order valence-corrected chi connectivity index (χ4v) is 4.83. The Balaban J connectivity index is 1.32. The van der Waals surface area contributed by atoms with E-state index in [1.807, 2.05) is 49.2 Å². The average Bonchev–Trinajstić information content (AvgIpc) is 3.18. The fraction of sp³-hybridized carbons (Fsp3) is 0.591. The molecule has 8 heteroatoms. The van der Waals surface area contributed by atoms with Crippen molar-refractivity contribution in [1.29, 1.82) is 0 Å². The summed E-state index contributed by atoms with van der Waals surface area (Å²) in [5, 5.41) is 11.7. The molecule has 3 saturated heterocycles. The number of methoxy groups -OCH3 is 1. The van der Waals surface area contributed by atoms with Crippen molar-refractivity contribution < 1.29 is 9.53 Å². The number of fused-ring (bicyclic) bond motifs is 3. The van der Waals surface area contributed by atoms with Gasteiger partial charge in [0.1, 0.15) is 5.75 Å². The number of piperidine rings is 3. The number of nitrogens with zero attached hydrogens (tertiary/aromatic N) is 5. The number of nitrogens with one attached hydrogen (secondary N) is 1. The van der Waals surface area contributed by atoms with Gasteiger partial charge in [0.25, 0.3) is 0 Å². The molecule has 1 N–H and O–H groups in total. The molecule has 4 atom stereocenters. The Kier molecular flexibility index (Phi) is 6.34. The van der Waals surface area contributed by atoms with Crippen molar-refractivity contribution in [2.45, 2.75) is 38.5 Å². The minimum absolute atomic E-state index is 0.0600. The lowest BCUT2D eigenvalue weighted by Crippen LogP contribution is -2.58. The van der Waals surface area contributed by atoms with Gasteiger partial charge < -0.3 is 15.0 Å². The van der Waals surface area contributed by atoms with Gasteiger partial charge in [-0.1, -0.05) is 23.4 Å². The highest BCUT2D eigenvalue weighted by Gasteiger charge is 2.43. The standard InChI is InChI=1S/C22H32N6O2/c1-26(2)12-18-13-28(25-24-18)14-19-10-16-8-9-27(19)15-20(16)22(29)23-11-17-6-4-5-7-21(17)30-3/h4-7,13,16,19-20H,8-12,14-15H2,1-3H3,(H,23,29). The number of carbonyl (C=O) groups is 1. The average molecular weight is 413 g/mol. The minimum Gasteiger partial charge on any atom is -0.496 e. The molecule has 8 nitrogen and oxygen atoms in total. The first-order valence-corrected chi connectivity index (χ1v) is 10.7. The first-order valence-electron chi connectivity index (χ1n) is 10.7. The van der Waals surface area contributed by atoms with Crippen molar-refractivity contribution in [2.75, 3.05) is 34.3 Å². The van der Waals surface area contributed by atoms with E-state index in [1.165, 1.54) is 0 Å². The predicted molar refractivity (Wildman–Crippen MR) is 114 cm³/mol. The van der Waals surface area contributed by atoms with Crippen molar-refractivity contribution in [3.8, 4) is 5.75 Å². The van der Waals surface area contributed by atoms with Gasteiger partial charge in [-0.25, -0.2) is 0 Å². The number of aromatic nitrogens is 3. The highest BCUT2D eigenvalue weighted by atomic mass is 16.5. The molecule has 4 unspecified atom stereocenters. The molecule has 0 spiro atoms. The van der Waals surface area contributed by atoms with Crippen molar-refractivity contribution >= 4 is 5.91 Å². The second-order valence-corrected chi connectivity index (χ2v) is 8.74. The summed E-state index contributed by atoms with van der Waals surface area (Å²) in [4.78, 5) is 17.5. The summed E-state index contributed by atoms with van der Waals surface area (Å²) in [5.74, 6) is 1.46. The van der Waals surface area contributed by atoms with Gasteiger partial charge in [-0.3, -0.25) is 14.4 Å². The molecule has 0 saturated carbocycles. The Morgan fingerprint density at radius 3 is 2.90 bits per heavy atom. The summed E-state index contributed by atoms with van der Waals surface area (Å²) in [5.41, 5.74) is 2.00. The van der Waals surface area contributed by atoms with Crippen molar-refractivity contribution in [3.63, 3.8) is 0 Å². The van der Waals surface area contributed by atoms with Crippen LogP contribution in [-0.2, 0) is 24.4 Å². The molecule has 5 rings (SSSR count). The second kappa shape index (κ2) is 9.14. The van der Waals surface area contributed by atoms with Gasteiger partial charge in [0.05, 0.1) is 25.3 Å². The quantitative estimate of drug-likeness (QED) is 0.706. The summed E-state index contributed by atoms with van der Waals surface area (Å²) >= 11 is 0. The third-order valence-corrected chi connectivity index (χ3v) is 6.32. The van der Waals surface area contributed by atoms with Crippen LogP contribution in [0.4, 0.5) is 0 Å². The summed E-state index contributed by atoms with van der Waals surface area (Å²) in [7, 11) is 5.72. The lowest BCUT2D eigenvalue weighted by atomic mass is 9.75. The maximum Gasteiger partial charge on any atom is 0.224 e. The predicted octanol–water partition coefficient (Wildman–Crippen LogP) is 1.38. The summed E-state index contributed by atoms with van der Waals surface area (Å²) in [6, 6.07) is 8.26. The molecular weight excluding hydrogens is 380 g/mol. The van der Waals surface area contributed by atoms with Crippen molar-refractivity contribution in [3.05, 3.63) is 41.7 Å². The summed E-state index contributed by atoms with van der Waals surface area (Å²) in [6.45, 7) is 4.03. The van der Waals surface area contributed by atoms with Gasteiger partial charge in [-0.05, 0) is 45.5 Å². The van der Waals surface area contributed by atoms with E-state index in [2.05, 4.69) is 25.4 Å². The first-order chi connectivity index (χ1) is 14.5. The van der Waals surface area contributed by atoms with E-state index in [9.17, 15) is 4.79 Å². The lowest BCUT2D eigenvalue weighted by molar-refractivity contribution is -0.133. The molecule has 2 aromatic rings. The lowest BCUT2D eigenvalue weighted by Gasteiger charge is -2.49.